The Balaban J connectivity index is 2.35. The molecule has 3 aromatic rings. The monoisotopic (exact) mass is 1120 g/mol. The van der Waals surface area contributed by atoms with Gasteiger partial charge in [0.05, 0.1) is 87.2 Å². The number of fused-ring (bicyclic) bond motifs is 8. The molecule has 36 heteroatoms. The number of nitrogens with one attached hydrogen (secondary N) is 2. The molecule has 5 heterocycles. The summed E-state index contributed by atoms with van der Waals surface area (Å²) < 4.78 is 409. The summed E-state index contributed by atoms with van der Waals surface area (Å²) in [5.74, 6) is -59.7. The van der Waals surface area contributed by atoms with Gasteiger partial charge in [-0.3, -0.25) is 0 Å². The molecular weight excluding hydrogens is 1110 g/mol. The van der Waals surface area contributed by atoms with Crippen LogP contribution in [-0.4, -0.2) is 68.3 Å². The van der Waals surface area contributed by atoms with Crippen molar-refractivity contribution in [3.05, 3.63) is 69.3 Å². The normalized spacial score (nSPS) is 16.1. The summed E-state index contributed by atoms with van der Waals surface area (Å²) >= 11 is 22.5. The minimum Gasteiger partial charge on any atom is -0.355 e. The maximum Gasteiger partial charge on any atom is 0.460 e. The third-order valence-corrected chi connectivity index (χ3v) is 11.0. The van der Waals surface area contributed by atoms with E-state index in [1.807, 2.05) is 0 Å². The van der Waals surface area contributed by atoms with Crippen LogP contribution in [0.25, 0.3) is 42.2 Å². The number of H-pyrrole nitrogens is 2. The average molecular weight is 1120 g/mol. The third kappa shape index (κ3) is 7.56. The maximum absolute atomic E-state index is 15.9. The van der Waals surface area contributed by atoms with Gasteiger partial charge in [0.1, 0.15) is 0 Å². The van der Waals surface area contributed by atoms with Crippen molar-refractivity contribution in [3.8, 4) is 0 Å². The molecule has 0 radical (unpaired) electrons. The molecule has 3 aromatic heterocycles. The maximum atomic E-state index is 15.9. The van der Waals surface area contributed by atoms with E-state index in [4.69, 9.17) is 46.4 Å². The Labute approximate surface area is 372 Å². The highest BCUT2D eigenvalue weighted by atomic mass is 35.5. The van der Waals surface area contributed by atoms with Crippen LogP contribution < -0.4 is 0 Å². The smallest absolute Gasteiger partial charge is 0.355 e. The summed E-state index contributed by atoms with van der Waals surface area (Å²) in [5, 5.41) is -9.43. The lowest BCUT2D eigenvalue weighted by molar-refractivity contribution is -0.359. The van der Waals surface area contributed by atoms with E-state index in [0.717, 1.165) is 9.97 Å². The van der Waals surface area contributed by atoms with Crippen molar-refractivity contribution in [2.45, 2.75) is 72.1 Å². The van der Waals surface area contributed by atoms with Crippen LogP contribution in [0.2, 0.25) is 0 Å². The van der Waals surface area contributed by atoms with Gasteiger partial charge in [0, 0.05) is 0 Å². The molecule has 0 saturated carbocycles. The number of hydrogen-bond donors (Lipinski definition) is 2. The van der Waals surface area contributed by atoms with Gasteiger partial charge in [-0.05, 0) is 24.3 Å². The molecule has 0 amide bonds. The standard InChI is InChI=1S/C32H6Cl4F28N4/c33-13-14(34)19-11(23(41,42)27(49,50)31(59,60)61)7-3-4-8(66-7)12(24(43,44)28(51,52)32(62,63)64)20-16(36)15(35)18(68-20)10(22(39,40)26(47,48)30(56,57)58)6-2-1-5(65-6)9(17(13)67-19)21(37,38)25(45,46)29(53,54)55/h1-4,65-66H. The topological polar surface area (TPSA) is 57.4 Å². The molecule has 2 aliphatic rings. The number of rotatable bonds is 8. The Morgan fingerprint density at radius 3 is 0.559 bits per heavy atom. The van der Waals surface area contributed by atoms with E-state index in [1.165, 1.54) is 0 Å². The molecular formula is C32H6Cl4F28N4. The van der Waals surface area contributed by atoms with Crippen LogP contribution in [0.1, 0.15) is 45.0 Å². The second-order valence-corrected chi connectivity index (χ2v) is 15.0. The third-order valence-electron chi connectivity index (χ3n) is 9.32. The zero-order valence-corrected chi connectivity index (χ0v) is 33.3. The molecule has 2 aliphatic heterocycles. The first-order valence-corrected chi connectivity index (χ1v) is 17.8. The summed E-state index contributed by atoms with van der Waals surface area (Å²) in [6.45, 7) is 0. The molecule has 0 aromatic carbocycles. The lowest BCUT2D eigenvalue weighted by atomic mass is 9.99. The highest BCUT2D eigenvalue weighted by Gasteiger charge is 2.78. The lowest BCUT2D eigenvalue weighted by Crippen LogP contribution is -2.50. The Morgan fingerprint density at radius 2 is 0.426 bits per heavy atom. The summed E-state index contributed by atoms with van der Waals surface area (Å²) in [6, 6.07) is -2.42. The van der Waals surface area contributed by atoms with Gasteiger partial charge in [-0.15, -0.1) is 0 Å². The van der Waals surface area contributed by atoms with Crippen LogP contribution >= 0.6 is 46.4 Å². The Hall–Kier alpha value is -4.20. The summed E-state index contributed by atoms with van der Waals surface area (Å²) in [7, 11) is 0. The quantitative estimate of drug-likeness (QED) is 0.221. The molecule has 4 nitrogen and oxygen atoms in total. The van der Waals surface area contributed by atoms with Crippen LogP contribution in [0.4, 0.5) is 123 Å². The first-order chi connectivity index (χ1) is 30.0. The summed E-state index contributed by atoms with van der Waals surface area (Å²) in [6.07, 6.45) is -30.3. The van der Waals surface area contributed by atoms with Gasteiger partial charge < -0.3 is 9.97 Å². The molecule has 0 unspecified atom stereocenters. The van der Waals surface area contributed by atoms with E-state index in [1.54, 1.807) is 0 Å². The fourth-order valence-electron chi connectivity index (χ4n) is 5.99. The SMILES string of the molecule is FC(F)(F)C(F)(F)C(F)(F)c1c2nc(c(C(F)(F)C(F)(F)C(F)(F)F)c3ccc([nH]3)c(C(F)(F)C(F)(F)C(F)(F)F)c3nc(c(C(F)(F)C(F)(F)C(F)(F)F)c4ccc1[nH]4)C(Cl)=C3Cl)C(Cl)=C2Cl. The first kappa shape index (κ1) is 54.7. The van der Waals surface area contributed by atoms with E-state index in [9.17, 15) is 87.8 Å². The highest BCUT2D eigenvalue weighted by Crippen LogP contribution is 2.61. The molecule has 8 bridgehead atoms. The van der Waals surface area contributed by atoms with Crippen molar-refractivity contribution >= 4 is 88.6 Å². The second kappa shape index (κ2) is 15.6. The molecule has 2 N–H and O–H groups in total. The zero-order valence-electron chi connectivity index (χ0n) is 30.3. The molecule has 68 heavy (non-hydrogen) atoms. The van der Waals surface area contributed by atoms with Crippen molar-refractivity contribution in [2.75, 3.05) is 0 Å². The van der Waals surface area contributed by atoms with E-state index < -0.39 is 184 Å². The van der Waals surface area contributed by atoms with Crippen LogP contribution in [0.15, 0.2) is 24.3 Å². The predicted molar refractivity (Wildman–Crippen MR) is 178 cm³/mol. The van der Waals surface area contributed by atoms with Gasteiger partial charge >= 0.3 is 72.1 Å². The van der Waals surface area contributed by atoms with Crippen LogP contribution in [-0.2, 0) is 23.7 Å². The molecule has 378 valence electrons. The molecule has 5 rings (SSSR count). The number of aromatic nitrogens is 4. The van der Waals surface area contributed by atoms with Crippen LogP contribution in [0.5, 0.6) is 0 Å². The number of halogens is 32. The molecule has 0 atom stereocenters. The van der Waals surface area contributed by atoms with Gasteiger partial charge in [-0.2, -0.15) is 123 Å². The van der Waals surface area contributed by atoms with Crippen molar-refractivity contribution in [3.63, 3.8) is 0 Å². The van der Waals surface area contributed by atoms with Crippen molar-refractivity contribution < 1.29 is 123 Å². The van der Waals surface area contributed by atoms with E-state index in [2.05, 4.69) is 9.97 Å². The van der Waals surface area contributed by atoms with Crippen molar-refractivity contribution in [2.24, 2.45) is 0 Å². The number of aromatic amines is 2. The average Bonchev–Trinajstić information content (AvgIpc) is 3.93. The minimum atomic E-state index is -7.67. The van der Waals surface area contributed by atoms with Crippen LogP contribution in [0.3, 0.4) is 0 Å². The fourth-order valence-corrected chi connectivity index (χ4v) is 6.90. The lowest BCUT2D eigenvalue weighted by Gasteiger charge is -2.29. The van der Waals surface area contributed by atoms with E-state index in [0.29, 0.717) is 0 Å². The Bertz CT molecular complexity index is 2440. The van der Waals surface area contributed by atoms with Crippen molar-refractivity contribution in [1.29, 1.82) is 0 Å². The summed E-state index contributed by atoms with van der Waals surface area (Å²) in [4.78, 5) is 6.83. The number of nitrogens with zero attached hydrogens (tertiary/aromatic N) is 2. The van der Waals surface area contributed by atoms with Crippen LogP contribution in [0, 0.1) is 0 Å². The second-order valence-electron chi connectivity index (χ2n) is 13.5. The minimum absolute atomic E-state index is 0.605. The molecule has 0 saturated heterocycles. The van der Waals surface area contributed by atoms with E-state index in [-0.39, 0.29) is 0 Å². The Morgan fingerprint density at radius 1 is 0.279 bits per heavy atom. The van der Waals surface area contributed by atoms with Gasteiger partial charge in [0.15, 0.2) is 0 Å². The first-order valence-electron chi connectivity index (χ1n) is 16.3. The number of hydrogen-bond acceptors (Lipinski definition) is 2. The van der Waals surface area contributed by atoms with Gasteiger partial charge in [0.25, 0.3) is 0 Å². The Kier molecular flexibility index (Phi) is 12.6. The molecule has 0 spiro atoms. The van der Waals surface area contributed by atoms with Gasteiger partial charge in [-0.25, -0.2) is 9.97 Å². The van der Waals surface area contributed by atoms with Gasteiger partial charge in [-0.1, -0.05) is 46.4 Å². The highest BCUT2D eigenvalue weighted by molar-refractivity contribution is 6.66. The molecule has 0 fully saturated rings. The van der Waals surface area contributed by atoms with Gasteiger partial charge in [0.2, 0.25) is 0 Å². The zero-order chi connectivity index (χ0) is 52.9. The largest absolute Gasteiger partial charge is 0.460 e. The fraction of sp³-hybridized carbons (Fsp3) is 0.375. The van der Waals surface area contributed by atoms with Crippen molar-refractivity contribution in [1.82, 2.24) is 19.9 Å². The predicted octanol–water partition coefficient (Wildman–Crippen LogP) is 16.1. The number of alkyl halides is 28. The van der Waals surface area contributed by atoms with E-state index >= 15 is 35.1 Å². The molecule has 0 aliphatic carbocycles. The summed E-state index contributed by atoms with van der Waals surface area (Å²) in [5.41, 5.74) is -34.9.